The predicted octanol–water partition coefficient (Wildman–Crippen LogP) is 5.38. The number of rotatable bonds is 5. The molecular formula is C40H50Cl2Zr-2. The molecule has 0 nitrogen and oxygen atoms in total. The van der Waals surface area contributed by atoms with Crippen molar-refractivity contribution in [1.29, 1.82) is 0 Å². The standard InChI is InChI=1S/C23H29.C12H16.C5H5.2ClH.Zr/c1-14-9-16-11-17-10-15(2)21(23(6,7)8)13-19(17)18(16)12-20(14)22(3,4)5;1-2-3-4-6-9-12-10-7-5-8-11-12;1-2-4-5-3-1;;;/h9-13H,1-8H3;5,7-8,10-11H,2-4,9H2,1H3;1-3H,4H2;2*1H;/q-1;;-1;;;+2/p-2. The maximum Gasteiger partial charge on any atom is -0.0142 e. The first-order chi connectivity index (χ1) is 19.3. The van der Waals surface area contributed by atoms with Gasteiger partial charge in [0.2, 0.25) is 0 Å². The zero-order valence-corrected chi connectivity index (χ0v) is 31.8. The molecule has 1 aliphatic rings. The maximum absolute atomic E-state index is 2.99. The van der Waals surface area contributed by atoms with Gasteiger partial charge in [0, 0.05) is 0 Å². The molecule has 0 spiro atoms. The van der Waals surface area contributed by atoms with Gasteiger partial charge in [-0.05, 0) is 24.7 Å². The van der Waals surface area contributed by atoms with Crippen molar-refractivity contribution in [3.8, 4) is 0 Å². The number of benzene rings is 3. The second-order valence-electron chi connectivity index (χ2n) is 13.5. The van der Waals surface area contributed by atoms with Gasteiger partial charge in [0.15, 0.2) is 0 Å². The smallest absolute Gasteiger partial charge is 0.0142 e. The Kier molecular flexibility index (Phi) is 16.2. The Bertz CT molecular complexity index is 1420. The topological polar surface area (TPSA) is 0 Å². The minimum atomic E-state index is 0. The summed E-state index contributed by atoms with van der Waals surface area (Å²) >= 11 is 1.61. The van der Waals surface area contributed by atoms with Crippen LogP contribution in [0.3, 0.4) is 0 Å². The van der Waals surface area contributed by atoms with Gasteiger partial charge in [-0.25, -0.2) is 12.2 Å². The van der Waals surface area contributed by atoms with Gasteiger partial charge in [-0.15, -0.1) is 46.2 Å². The van der Waals surface area contributed by atoms with Crippen LogP contribution in [0.15, 0.2) is 78.9 Å². The van der Waals surface area contributed by atoms with Crippen molar-refractivity contribution >= 4 is 24.8 Å². The Hall–Kier alpha value is -1.66. The summed E-state index contributed by atoms with van der Waals surface area (Å²) < 4.78 is 1.69. The molecule has 230 valence electrons. The second kappa shape index (κ2) is 17.7. The average Bonchev–Trinajstić information content (AvgIpc) is 3.58. The maximum atomic E-state index is 2.99. The predicted molar refractivity (Wildman–Crippen MR) is 180 cm³/mol. The quantitative estimate of drug-likeness (QED) is 0.247. The summed E-state index contributed by atoms with van der Waals surface area (Å²) in [7, 11) is 0. The van der Waals surface area contributed by atoms with E-state index in [-0.39, 0.29) is 35.6 Å². The van der Waals surface area contributed by atoms with E-state index in [0.29, 0.717) is 0 Å². The second-order valence-corrected chi connectivity index (χ2v) is 15.3. The number of hydrogen-bond donors (Lipinski definition) is 0. The van der Waals surface area contributed by atoms with E-state index in [9.17, 15) is 0 Å². The van der Waals surface area contributed by atoms with Crippen molar-refractivity contribution in [2.75, 3.05) is 0 Å². The minimum absolute atomic E-state index is 0. The summed E-state index contributed by atoms with van der Waals surface area (Å²) in [4.78, 5) is 0. The molecule has 0 radical (unpaired) electrons. The fourth-order valence-electron chi connectivity index (χ4n) is 5.61. The molecule has 0 N–H and O–H groups in total. The van der Waals surface area contributed by atoms with Crippen LogP contribution in [0.2, 0.25) is 0 Å². The molecule has 5 rings (SSSR count). The third-order valence-corrected chi connectivity index (χ3v) is 8.74. The number of aryl methyl sites for hydroxylation is 2. The number of allylic oxidation sites excluding steroid dienone is 4. The van der Waals surface area contributed by atoms with Crippen molar-refractivity contribution in [1.82, 2.24) is 0 Å². The first kappa shape index (κ1) is 39.4. The Labute approximate surface area is 290 Å². The van der Waals surface area contributed by atoms with E-state index in [0.717, 1.165) is 6.42 Å². The molecule has 0 heterocycles. The summed E-state index contributed by atoms with van der Waals surface area (Å²) in [5.41, 5.74) is 7.52. The molecule has 0 saturated carbocycles. The summed E-state index contributed by atoms with van der Waals surface area (Å²) in [5, 5.41) is 5.55. The number of hydrogen-bond acceptors (Lipinski definition) is 0. The van der Waals surface area contributed by atoms with Crippen LogP contribution in [0.1, 0.15) is 102 Å². The van der Waals surface area contributed by atoms with Gasteiger partial charge in [-0.3, -0.25) is 6.08 Å². The SMILES string of the molecule is CCCC[C](=[Zr+2])Cc1ccccc1.Cc1cc2[cH-]c3cc(C)c(C(C)(C)C)cc3c2cc1C(C)(C)C.[C-]1=CC=CC1.[Cl-].[Cl-]. The van der Waals surface area contributed by atoms with Gasteiger partial charge in [-0.1, -0.05) is 75.9 Å². The molecule has 0 aliphatic heterocycles. The zero-order valence-electron chi connectivity index (χ0n) is 27.8. The zero-order chi connectivity index (χ0) is 30.2. The monoisotopic (exact) mass is 690 g/mol. The average molecular weight is 693 g/mol. The van der Waals surface area contributed by atoms with Gasteiger partial charge in [0.1, 0.15) is 0 Å². The van der Waals surface area contributed by atoms with Crippen LogP contribution in [0.5, 0.6) is 0 Å². The number of fused-ring (bicyclic) bond motifs is 3. The van der Waals surface area contributed by atoms with Crippen LogP contribution < -0.4 is 24.8 Å². The molecular weight excluding hydrogens is 643 g/mol. The van der Waals surface area contributed by atoms with E-state index in [1.807, 2.05) is 12.2 Å². The molecule has 0 saturated heterocycles. The molecule has 0 aromatic heterocycles. The van der Waals surface area contributed by atoms with E-state index in [2.05, 4.69) is 135 Å². The van der Waals surface area contributed by atoms with E-state index in [1.165, 1.54) is 75.0 Å². The van der Waals surface area contributed by atoms with Gasteiger partial charge in [-0.2, -0.15) is 6.08 Å². The van der Waals surface area contributed by atoms with E-state index in [1.54, 1.807) is 27.4 Å². The molecule has 4 aromatic rings. The van der Waals surface area contributed by atoms with Crippen molar-refractivity contribution in [2.24, 2.45) is 0 Å². The normalized spacial score (nSPS) is 12.2. The molecule has 0 unspecified atom stereocenters. The van der Waals surface area contributed by atoms with Crippen molar-refractivity contribution in [2.45, 2.75) is 105 Å². The summed E-state index contributed by atoms with van der Waals surface area (Å²) in [6.07, 6.45) is 15.2. The molecule has 43 heavy (non-hydrogen) atoms. The molecule has 3 heteroatoms. The summed E-state index contributed by atoms with van der Waals surface area (Å²) in [6, 6.07) is 22.7. The van der Waals surface area contributed by atoms with Gasteiger partial charge in [0.05, 0.1) is 0 Å². The molecule has 0 bridgehead atoms. The van der Waals surface area contributed by atoms with Gasteiger partial charge < -0.3 is 24.8 Å². The number of halogens is 2. The van der Waals surface area contributed by atoms with Crippen LogP contribution in [-0.2, 0) is 41.5 Å². The first-order valence-electron chi connectivity index (χ1n) is 15.3. The largest absolute Gasteiger partial charge is 1.00 e. The fourth-order valence-corrected chi connectivity index (χ4v) is 6.55. The van der Waals surface area contributed by atoms with Crippen LogP contribution in [-0.4, -0.2) is 3.21 Å². The van der Waals surface area contributed by atoms with Crippen molar-refractivity contribution in [3.63, 3.8) is 0 Å². The molecule has 1 aliphatic carbocycles. The van der Waals surface area contributed by atoms with Crippen molar-refractivity contribution < 1.29 is 49.0 Å². The van der Waals surface area contributed by atoms with Crippen LogP contribution in [0.25, 0.3) is 21.5 Å². The number of unbranched alkanes of at least 4 members (excludes halogenated alkanes) is 1. The Morgan fingerprint density at radius 3 is 1.70 bits per heavy atom. The fraction of sp³-hybridized carbons (Fsp3) is 0.400. The molecule has 0 amide bonds. The summed E-state index contributed by atoms with van der Waals surface area (Å²) in [6.45, 7) is 20.6. The van der Waals surface area contributed by atoms with Gasteiger partial charge >= 0.3 is 95.9 Å². The minimum Gasteiger partial charge on any atom is -1.00 e. The Morgan fingerprint density at radius 2 is 1.33 bits per heavy atom. The van der Waals surface area contributed by atoms with E-state index < -0.39 is 0 Å². The molecule has 0 atom stereocenters. The van der Waals surface area contributed by atoms with E-state index >= 15 is 0 Å². The van der Waals surface area contributed by atoms with Crippen LogP contribution in [0, 0.1) is 19.9 Å². The third kappa shape index (κ3) is 11.7. The van der Waals surface area contributed by atoms with Crippen molar-refractivity contribution in [3.05, 3.63) is 113 Å². The molecule has 4 aromatic carbocycles. The van der Waals surface area contributed by atoms with E-state index in [4.69, 9.17) is 0 Å². The van der Waals surface area contributed by atoms with Crippen LogP contribution in [0.4, 0.5) is 0 Å². The Morgan fingerprint density at radius 1 is 0.814 bits per heavy atom. The summed E-state index contributed by atoms with van der Waals surface area (Å²) in [5.74, 6) is 0. The first-order valence-corrected chi connectivity index (χ1v) is 16.5. The van der Waals surface area contributed by atoms with Gasteiger partial charge in [0.25, 0.3) is 0 Å². The Balaban J connectivity index is 0.000000390. The molecule has 0 fully saturated rings. The van der Waals surface area contributed by atoms with Crippen LogP contribution >= 0.6 is 0 Å². The third-order valence-electron chi connectivity index (χ3n) is 7.69.